The summed E-state index contributed by atoms with van der Waals surface area (Å²) in [5.41, 5.74) is 1.10. The van der Waals surface area contributed by atoms with Gasteiger partial charge in [0.2, 0.25) is 0 Å². The van der Waals surface area contributed by atoms with Crippen LogP contribution in [0.2, 0.25) is 0 Å². The lowest BCUT2D eigenvalue weighted by atomic mass is 10.2. The van der Waals surface area contributed by atoms with Crippen LogP contribution in [0.4, 0.5) is 6.01 Å². The van der Waals surface area contributed by atoms with Crippen LogP contribution in [0.3, 0.4) is 0 Å². The van der Waals surface area contributed by atoms with E-state index in [9.17, 15) is 9.59 Å². The van der Waals surface area contributed by atoms with Gasteiger partial charge in [0, 0.05) is 0 Å². The number of nitrogens with one attached hydrogen (secondary N) is 1. The van der Waals surface area contributed by atoms with Crippen molar-refractivity contribution in [3.63, 3.8) is 0 Å². The molecular weight excluding hydrogens is 288 g/mol. The van der Waals surface area contributed by atoms with E-state index in [1.165, 1.54) is 0 Å². The Morgan fingerprint density at radius 2 is 2.00 bits per heavy atom. The number of carbonyl (C=O) groups is 2. The van der Waals surface area contributed by atoms with Crippen LogP contribution < -0.4 is 10.1 Å². The Kier molecular flexibility index (Phi) is 5.13. The highest BCUT2D eigenvalue weighted by molar-refractivity contribution is 5.91. The molecule has 0 spiro atoms. The second-order valence-electron chi connectivity index (χ2n) is 4.41. The lowest BCUT2D eigenvalue weighted by Gasteiger charge is -2.05. The van der Waals surface area contributed by atoms with Crippen LogP contribution >= 0.6 is 0 Å². The average Bonchev–Trinajstić information content (AvgIpc) is 2.95. The first kappa shape index (κ1) is 15.6. The predicted octanol–water partition coefficient (Wildman–Crippen LogP) is 2.18. The van der Waals surface area contributed by atoms with E-state index in [1.807, 2.05) is 19.1 Å². The molecule has 2 rings (SSSR count). The molecule has 1 amide bonds. The Morgan fingerprint density at radius 3 is 2.68 bits per heavy atom. The first-order valence-corrected chi connectivity index (χ1v) is 6.70. The first-order valence-electron chi connectivity index (χ1n) is 6.70. The zero-order valence-electron chi connectivity index (χ0n) is 12.3. The van der Waals surface area contributed by atoms with Crippen molar-refractivity contribution in [2.45, 2.75) is 13.8 Å². The number of aryl methyl sites for hydroxylation is 1. The number of esters is 1. The van der Waals surface area contributed by atoms with Crippen molar-refractivity contribution in [2.75, 3.05) is 18.5 Å². The summed E-state index contributed by atoms with van der Waals surface area (Å²) in [4.78, 5) is 26.9. The van der Waals surface area contributed by atoms with E-state index in [4.69, 9.17) is 13.9 Å². The molecule has 0 fully saturated rings. The maximum atomic E-state index is 11.7. The number of ether oxygens (including phenoxy) is 2. The van der Waals surface area contributed by atoms with Crippen LogP contribution in [0.15, 0.2) is 34.9 Å². The van der Waals surface area contributed by atoms with Gasteiger partial charge in [-0.25, -0.2) is 4.79 Å². The van der Waals surface area contributed by atoms with Crippen molar-refractivity contribution in [2.24, 2.45) is 0 Å². The van der Waals surface area contributed by atoms with Gasteiger partial charge in [-0.2, -0.15) is 4.98 Å². The van der Waals surface area contributed by atoms with Gasteiger partial charge in [-0.1, -0.05) is 17.7 Å². The molecule has 7 nitrogen and oxygen atoms in total. The van der Waals surface area contributed by atoms with E-state index in [0.29, 0.717) is 5.75 Å². The number of hydrogen-bond acceptors (Lipinski definition) is 6. The van der Waals surface area contributed by atoms with Crippen LogP contribution in [-0.2, 0) is 9.53 Å². The molecule has 0 atom stereocenters. The van der Waals surface area contributed by atoms with Gasteiger partial charge >= 0.3 is 12.0 Å². The third-order valence-corrected chi connectivity index (χ3v) is 2.63. The molecule has 116 valence electrons. The first-order chi connectivity index (χ1) is 10.6. The normalized spacial score (nSPS) is 10.1. The maximum Gasteiger partial charge on any atom is 0.360 e. The summed E-state index contributed by atoms with van der Waals surface area (Å²) in [6.07, 6.45) is 1.12. The van der Waals surface area contributed by atoms with Crippen LogP contribution in [-0.4, -0.2) is 30.1 Å². The zero-order chi connectivity index (χ0) is 15.9. The molecule has 0 radical (unpaired) electrons. The Morgan fingerprint density at radius 1 is 1.27 bits per heavy atom. The maximum absolute atomic E-state index is 11.7. The SMILES string of the molecule is CCOC(=O)c1coc(NC(=O)COc2ccc(C)cc2)n1. The molecule has 1 N–H and O–H groups in total. The van der Waals surface area contributed by atoms with Gasteiger partial charge in [0.1, 0.15) is 12.0 Å². The third-order valence-electron chi connectivity index (χ3n) is 2.63. The highest BCUT2D eigenvalue weighted by Gasteiger charge is 2.14. The van der Waals surface area contributed by atoms with Crippen molar-refractivity contribution < 1.29 is 23.5 Å². The van der Waals surface area contributed by atoms with Crippen molar-refractivity contribution >= 4 is 17.9 Å². The molecule has 0 aliphatic heterocycles. The highest BCUT2D eigenvalue weighted by Crippen LogP contribution is 2.12. The van der Waals surface area contributed by atoms with Gasteiger partial charge in [-0.15, -0.1) is 0 Å². The molecule has 0 aliphatic carbocycles. The van der Waals surface area contributed by atoms with Crippen molar-refractivity contribution in [3.8, 4) is 5.75 Å². The van der Waals surface area contributed by atoms with E-state index in [2.05, 4.69) is 10.3 Å². The number of hydrogen-bond donors (Lipinski definition) is 1. The van der Waals surface area contributed by atoms with E-state index < -0.39 is 11.9 Å². The van der Waals surface area contributed by atoms with Crippen molar-refractivity contribution in [1.29, 1.82) is 0 Å². The van der Waals surface area contributed by atoms with Gasteiger partial charge in [-0.05, 0) is 26.0 Å². The third kappa shape index (κ3) is 4.34. The Balaban J connectivity index is 1.84. The summed E-state index contributed by atoms with van der Waals surface area (Å²) in [5.74, 6) is -0.471. The molecule has 0 saturated heterocycles. The summed E-state index contributed by atoms with van der Waals surface area (Å²) >= 11 is 0. The molecular formula is C15H16N2O5. The van der Waals surface area contributed by atoms with Crippen molar-refractivity contribution in [3.05, 3.63) is 41.8 Å². The summed E-state index contributed by atoms with van der Waals surface area (Å²) in [7, 11) is 0. The average molecular weight is 304 g/mol. The van der Waals surface area contributed by atoms with Crippen molar-refractivity contribution in [1.82, 2.24) is 4.98 Å². The molecule has 7 heteroatoms. The van der Waals surface area contributed by atoms with Gasteiger partial charge in [0.25, 0.3) is 5.91 Å². The minimum Gasteiger partial charge on any atom is -0.484 e. The minimum absolute atomic E-state index is 0.00315. The largest absolute Gasteiger partial charge is 0.484 e. The fraction of sp³-hybridized carbons (Fsp3) is 0.267. The Hall–Kier alpha value is -2.83. The fourth-order valence-corrected chi connectivity index (χ4v) is 1.57. The lowest BCUT2D eigenvalue weighted by Crippen LogP contribution is -2.20. The smallest absolute Gasteiger partial charge is 0.360 e. The molecule has 1 heterocycles. The van der Waals surface area contributed by atoms with E-state index >= 15 is 0 Å². The molecule has 1 aromatic carbocycles. The monoisotopic (exact) mass is 304 g/mol. The molecule has 0 saturated carbocycles. The number of aromatic nitrogens is 1. The predicted molar refractivity (Wildman–Crippen MR) is 77.8 cm³/mol. The molecule has 2 aromatic rings. The van der Waals surface area contributed by atoms with E-state index in [1.54, 1.807) is 19.1 Å². The molecule has 1 aromatic heterocycles. The Bertz CT molecular complexity index is 648. The zero-order valence-corrected chi connectivity index (χ0v) is 12.3. The molecule has 0 bridgehead atoms. The van der Waals surface area contributed by atoms with Gasteiger partial charge in [0.15, 0.2) is 12.3 Å². The summed E-state index contributed by atoms with van der Waals surface area (Å²) in [6.45, 7) is 3.68. The van der Waals surface area contributed by atoms with Crippen LogP contribution in [0.25, 0.3) is 0 Å². The molecule has 0 aliphatic rings. The summed E-state index contributed by atoms with van der Waals surface area (Å²) < 4.78 is 15.0. The number of nitrogens with zero attached hydrogens (tertiary/aromatic N) is 1. The van der Waals surface area contributed by atoms with Gasteiger partial charge in [0.05, 0.1) is 6.61 Å². The Labute approximate surface area is 127 Å². The number of rotatable bonds is 6. The highest BCUT2D eigenvalue weighted by atomic mass is 16.5. The van der Waals surface area contributed by atoms with Gasteiger partial charge < -0.3 is 13.9 Å². The van der Waals surface area contributed by atoms with Crippen LogP contribution in [0.1, 0.15) is 23.0 Å². The van der Waals surface area contributed by atoms with E-state index in [-0.39, 0.29) is 24.9 Å². The number of benzene rings is 1. The number of carbonyl (C=O) groups excluding carboxylic acids is 2. The standard InChI is InChI=1S/C15H16N2O5/c1-3-20-14(19)12-8-22-15(16-12)17-13(18)9-21-11-6-4-10(2)5-7-11/h4-8H,3,9H2,1-2H3,(H,16,17,18). The van der Waals surface area contributed by atoms with E-state index in [0.717, 1.165) is 11.8 Å². The lowest BCUT2D eigenvalue weighted by molar-refractivity contribution is -0.118. The summed E-state index contributed by atoms with van der Waals surface area (Å²) in [5, 5.41) is 2.39. The second-order valence-corrected chi connectivity index (χ2v) is 4.41. The van der Waals surface area contributed by atoms with Gasteiger partial charge in [-0.3, -0.25) is 10.1 Å². The molecule has 22 heavy (non-hydrogen) atoms. The fourth-order valence-electron chi connectivity index (χ4n) is 1.57. The minimum atomic E-state index is -0.609. The molecule has 0 unspecified atom stereocenters. The number of anilines is 1. The number of amides is 1. The topological polar surface area (TPSA) is 90.7 Å². The van der Waals surface area contributed by atoms with Crippen LogP contribution in [0.5, 0.6) is 5.75 Å². The quantitative estimate of drug-likeness (QED) is 0.823. The number of oxazole rings is 1. The second kappa shape index (κ2) is 7.26. The van der Waals surface area contributed by atoms with Crippen LogP contribution in [0, 0.1) is 6.92 Å². The summed E-state index contributed by atoms with van der Waals surface area (Å²) in [6, 6.07) is 7.22.